The summed E-state index contributed by atoms with van der Waals surface area (Å²) in [6.45, 7) is 0. The van der Waals surface area contributed by atoms with Crippen LogP contribution in [0.5, 0.6) is 0 Å². The van der Waals surface area contributed by atoms with Crippen LogP contribution in [0.4, 0.5) is 10.2 Å². The van der Waals surface area contributed by atoms with Crippen molar-refractivity contribution in [3.05, 3.63) is 23.1 Å². The lowest BCUT2D eigenvalue weighted by Crippen LogP contribution is -2.40. The molecule has 2 rings (SSSR count). The van der Waals surface area contributed by atoms with Crippen LogP contribution in [0.1, 0.15) is 12.8 Å². The van der Waals surface area contributed by atoms with Crippen molar-refractivity contribution in [3.8, 4) is 0 Å². The van der Waals surface area contributed by atoms with Gasteiger partial charge >= 0.3 is 0 Å². The van der Waals surface area contributed by atoms with Crippen LogP contribution in [-0.4, -0.2) is 24.2 Å². The Labute approximate surface area is 92.6 Å². The number of hydrogen-bond donors (Lipinski definition) is 1. The van der Waals surface area contributed by atoms with Crippen LogP contribution in [0, 0.1) is 5.82 Å². The van der Waals surface area contributed by atoms with Gasteiger partial charge in [0.1, 0.15) is 0 Å². The maximum atomic E-state index is 13.3. The number of nitrogens with zero attached hydrogens (tertiary/aromatic N) is 1. The molecule has 1 saturated carbocycles. The Bertz CT molecular complexity index is 355. The van der Waals surface area contributed by atoms with Gasteiger partial charge in [-0.1, -0.05) is 11.6 Å². The third kappa shape index (κ3) is 2.38. The zero-order chi connectivity index (χ0) is 10.8. The number of methoxy groups -OCH3 is 1. The van der Waals surface area contributed by atoms with Crippen LogP contribution < -0.4 is 5.32 Å². The predicted octanol–water partition coefficient (Wildman–Crippen LogP) is 2.46. The third-order valence-electron chi connectivity index (χ3n) is 2.58. The molecule has 0 aliphatic heterocycles. The summed E-state index contributed by atoms with van der Waals surface area (Å²) in [5.74, 6) is -0.151. The van der Waals surface area contributed by atoms with E-state index in [1.807, 2.05) is 0 Å². The second kappa shape index (κ2) is 4.33. The Kier molecular flexibility index (Phi) is 3.07. The largest absolute Gasteiger partial charge is 0.381 e. The van der Waals surface area contributed by atoms with Crippen LogP contribution in [0.2, 0.25) is 5.02 Å². The van der Waals surface area contributed by atoms with Crippen molar-refractivity contribution >= 4 is 17.4 Å². The van der Waals surface area contributed by atoms with Gasteiger partial charge in [-0.15, -0.1) is 0 Å². The molecule has 1 fully saturated rings. The van der Waals surface area contributed by atoms with Gasteiger partial charge in [-0.2, -0.15) is 0 Å². The average Bonchev–Trinajstić information content (AvgIpc) is 2.13. The fourth-order valence-corrected chi connectivity index (χ4v) is 1.73. The molecule has 5 heteroatoms. The van der Waals surface area contributed by atoms with Crippen molar-refractivity contribution in [1.29, 1.82) is 0 Å². The van der Waals surface area contributed by atoms with E-state index >= 15 is 0 Å². The van der Waals surface area contributed by atoms with Crippen molar-refractivity contribution < 1.29 is 9.13 Å². The summed E-state index contributed by atoms with van der Waals surface area (Å²) >= 11 is 5.60. The highest BCUT2D eigenvalue weighted by Crippen LogP contribution is 2.26. The number of halogens is 2. The summed E-state index contributed by atoms with van der Waals surface area (Å²) in [6, 6.07) is 1.50. The van der Waals surface area contributed by atoms with E-state index in [9.17, 15) is 4.39 Å². The number of nitrogens with one attached hydrogen (secondary N) is 1. The van der Waals surface area contributed by atoms with Gasteiger partial charge in [0.05, 0.1) is 11.1 Å². The molecule has 1 heterocycles. The average molecular weight is 231 g/mol. The Morgan fingerprint density at radius 3 is 2.93 bits per heavy atom. The first-order valence-corrected chi connectivity index (χ1v) is 5.17. The quantitative estimate of drug-likeness (QED) is 0.866. The summed E-state index contributed by atoms with van der Waals surface area (Å²) in [5.41, 5.74) is 0. The molecule has 82 valence electrons. The number of hydrogen-bond acceptors (Lipinski definition) is 3. The molecule has 0 amide bonds. The van der Waals surface area contributed by atoms with E-state index in [1.165, 1.54) is 12.3 Å². The Balaban J connectivity index is 1.94. The summed E-state index contributed by atoms with van der Waals surface area (Å²) in [6.07, 6.45) is 3.50. The van der Waals surface area contributed by atoms with E-state index < -0.39 is 5.82 Å². The third-order valence-corrected chi connectivity index (χ3v) is 2.78. The zero-order valence-corrected chi connectivity index (χ0v) is 9.09. The molecule has 0 bridgehead atoms. The normalized spacial score (nSPS) is 24.7. The fraction of sp³-hybridized carbons (Fsp3) is 0.500. The first-order valence-electron chi connectivity index (χ1n) is 4.79. The highest BCUT2D eigenvalue weighted by Gasteiger charge is 2.29. The first-order chi connectivity index (χ1) is 7.19. The van der Waals surface area contributed by atoms with Crippen molar-refractivity contribution in [2.45, 2.75) is 25.0 Å². The topological polar surface area (TPSA) is 34.1 Å². The molecule has 0 radical (unpaired) electrons. The molecular formula is C10H12ClFN2O. The van der Waals surface area contributed by atoms with Crippen LogP contribution in [0.15, 0.2) is 12.3 Å². The van der Waals surface area contributed by atoms with Gasteiger partial charge in [0, 0.05) is 19.3 Å². The summed E-state index contributed by atoms with van der Waals surface area (Å²) < 4.78 is 18.4. The maximum Gasteiger partial charge on any atom is 0.166 e. The number of ether oxygens (including phenoxy) is 1. The molecule has 1 aromatic heterocycles. The highest BCUT2D eigenvalue weighted by atomic mass is 35.5. The van der Waals surface area contributed by atoms with Crippen LogP contribution in [0.3, 0.4) is 0 Å². The standard InChI is InChI=1S/C10H12ClFN2O/c1-15-8-3-7(4-8)14-10-9(12)2-6(11)5-13-10/h2,5,7-8H,3-4H2,1H3,(H,13,14). The molecule has 0 aromatic carbocycles. The Morgan fingerprint density at radius 2 is 2.33 bits per heavy atom. The molecule has 15 heavy (non-hydrogen) atoms. The minimum Gasteiger partial charge on any atom is -0.381 e. The van der Waals surface area contributed by atoms with Gasteiger partial charge in [-0.05, 0) is 18.9 Å². The zero-order valence-electron chi connectivity index (χ0n) is 8.34. The molecule has 0 saturated heterocycles. The minimum atomic E-state index is -0.414. The number of pyridine rings is 1. The Hall–Kier alpha value is -0.870. The molecular weight excluding hydrogens is 219 g/mol. The lowest BCUT2D eigenvalue weighted by atomic mass is 9.89. The van der Waals surface area contributed by atoms with E-state index in [1.54, 1.807) is 7.11 Å². The van der Waals surface area contributed by atoms with Gasteiger partial charge in [-0.3, -0.25) is 0 Å². The van der Waals surface area contributed by atoms with Gasteiger partial charge in [0.2, 0.25) is 0 Å². The number of aromatic nitrogens is 1. The van der Waals surface area contributed by atoms with Crippen molar-refractivity contribution in [3.63, 3.8) is 0 Å². The fourth-order valence-electron chi connectivity index (χ4n) is 1.59. The van der Waals surface area contributed by atoms with Crippen LogP contribution in [-0.2, 0) is 4.74 Å². The summed E-state index contributed by atoms with van der Waals surface area (Å²) in [4.78, 5) is 3.89. The highest BCUT2D eigenvalue weighted by molar-refractivity contribution is 6.30. The van der Waals surface area contributed by atoms with Crippen molar-refractivity contribution in [2.75, 3.05) is 12.4 Å². The second-order valence-corrected chi connectivity index (χ2v) is 4.09. The summed E-state index contributed by atoms with van der Waals surface area (Å²) in [5, 5.41) is 3.32. The molecule has 1 N–H and O–H groups in total. The molecule has 0 unspecified atom stereocenters. The molecule has 3 nitrogen and oxygen atoms in total. The molecule has 1 aliphatic rings. The van der Waals surface area contributed by atoms with Crippen LogP contribution in [0.25, 0.3) is 0 Å². The van der Waals surface area contributed by atoms with Gasteiger partial charge in [0.25, 0.3) is 0 Å². The van der Waals surface area contributed by atoms with Crippen LogP contribution >= 0.6 is 11.6 Å². The SMILES string of the molecule is COC1CC(Nc2ncc(Cl)cc2F)C1. The van der Waals surface area contributed by atoms with E-state index in [0.717, 1.165) is 12.8 Å². The number of anilines is 1. The monoisotopic (exact) mass is 230 g/mol. The van der Waals surface area contributed by atoms with Crippen molar-refractivity contribution in [2.24, 2.45) is 0 Å². The van der Waals surface area contributed by atoms with Gasteiger partial charge < -0.3 is 10.1 Å². The molecule has 0 spiro atoms. The molecule has 1 aromatic rings. The predicted molar refractivity (Wildman–Crippen MR) is 56.6 cm³/mol. The van der Waals surface area contributed by atoms with E-state index in [2.05, 4.69) is 10.3 Å². The van der Waals surface area contributed by atoms with Gasteiger partial charge in [-0.25, -0.2) is 9.37 Å². The lowest BCUT2D eigenvalue weighted by Gasteiger charge is -2.34. The van der Waals surface area contributed by atoms with Gasteiger partial charge in [0.15, 0.2) is 11.6 Å². The van der Waals surface area contributed by atoms with E-state index in [4.69, 9.17) is 16.3 Å². The lowest BCUT2D eigenvalue weighted by molar-refractivity contribution is 0.0327. The molecule has 0 atom stereocenters. The van der Waals surface area contributed by atoms with Crippen molar-refractivity contribution in [1.82, 2.24) is 4.98 Å². The number of rotatable bonds is 3. The Morgan fingerprint density at radius 1 is 1.60 bits per heavy atom. The van der Waals surface area contributed by atoms with E-state index in [0.29, 0.717) is 5.02 Å². The maximum absolute atomic E-state index is 13.3. The summed E-state index contributed by atoms with van der Waals surface area (Å²) in [7, 11) is 1.68. The molecule has 1 aliphatic carbocycles. The van der Waals surface area contributed by atoms with E-state index in [-0.39, 0.29) is 18.0 Å². The smallest absolute Gasteiger partial charge is 0.166 e. The second-order valence-electron chi connectivity index (χ2n) is 3.65. The first kappa shape index (κ1) is 10.6. The minimum absolute atomic E-state index is 0.248.